The first-order valence-corrected chi connectivity index (χ1v) is 8.15. The van der Waals surface area contributed by atoms with Crippen LogP contribution in [0.25, 0.3) is 22.3 Å². The molecule has 9 heteroatoms. The molecule has 0 spiro atoms. The van der Waals surface area contributed by atoms with E-state index in [9.17, 15) is 8.78 Å². The third-order valence-corrected chi connectivity index (χ3v) is 4.09. The van der Waals surface area contributed by atoms with Crippen molar-refractivity contribution in [3.05, 3.63) is 48.7 Å². The molecule has 0 saturated carbocycles. The van der Waals surface area contributed by atoms with E-state index in [-0.39, 0.29) is 5.75 Å². The molecule has 0 bridgehead atoms. The summed E-state index contributed by atoms with van der Waals surface area (Å²) in [5.41, 5.74) is 2.19. The van der Waals surface area contributed by atoms with Crippen molar-refractivity contribution in [3.63, 3.8) is 0 Å². The van der Waals surface area contributed by atoms with E-state index < -0.39 is 6.61 Å². The summed E-state index contributed by atoms with van der Waals surface area (Å²) < 4.78 is 33.3. The maximum Gasteiger partial charge on any atom is 0.387 e. The Bertz CT molecular complexity index is 1090. The number of pyridine rings is 1. The minimum Gasteiger partial charge on any atom is -0.434 e. The van der Waals surface area contributed by atoms with Crippen LogP contribution in [-0.4, -0.2) is 31.2 Å². The lowest BCUT2D eigenvalue weighted by Gasteiger charge is -2.10. The monoisotopic (exact) mass is 370 g/mol. The quantitative estimate of drug-likeness (QED) is 0.580. The Morgan fingerprint density at radius 2 is 1.85 bits per heavy atom. The van der Waals surface area contributed by atoms with Gasteiger partial charge in [0, 0.05) is 31.8 Å². The Hall–Kier alpha value is -3.49. The SMILES string of the molecule is Cn1nc(-c2ccccc2)cc1Nc1cc(OC(F)F)c2cnn(C)c2n1. The lowest BCUT2D eigenvalue weighted by atomic mass is 10.2. The molecule has 3 aromatic heterocycles. The Morgan fingerprint density at radius 1 is 1.07 bits per heavy atom. The number of nitrogens with zero attached hydrogens (tertiary/aromatic N) is 5. The number of halogens is 2. The van der Waals surface area contributed by atoms with Crippen LogP contribution in [0.1, 0.15) is 0 Å². The van der Waals surface area contributed by atoms with E-state index in [4.69, 9.17) is 0 Å². The zero-order chi connectivity index (χ0) is 19.0. The molecule has 0 saturated heterocycles. The van der Waals surface area contributed by atoms with Gasteiger partial charge in [0.05, 0.1) is 17.3 Å². The summed E-state index contributed by atoms with van der Waals surface area (Å²) >= 11 is 0. The van der Waals surface area contributed by atoms with Crippen molar-refractivity contribution in [3.8, 4) is 17.0 Å². The van der Waals surface area contributed by atoms with Crippen molar-refractivity contribution >= 4 is 22.7 Å². The third-order valence-electron chi connectivity index (χ3n) is 4.09. The average Bonchev–Trinajstić information content (AvgIpc) is 3.19. The van der Waals surface area contributed by atoms with Crippen molar-refractivity contribution in [2.45, 2.75) is 6.61 Å². The molecular formula is C18H16F2N6O. The van der Waals surface area contributed by atoms with Crippen LogP contribution in [0.15, 0.2) is 48.7 Å². The average molecular weight is 370 g/mol. The van der Waals surface area contributed by atoms with Gasteiger partial charge in [-0.3, -0.25) is 9.36 Å². The molecule has 0 unspecified atom stereocenters. The number of ether oxygens (including phenoxy) is 1. The third kappa shape index (κ3) is 3.31. The van der Waals surface area contributed by atoms with E-state index in [1.54, 1.807) is 18.8 Å². The predicted molar refractivity (Wildman–Crippen MR) is 97.1 cm³/mol. The number of aryl methyl sites for hydroxylation is 2. The van der Waals surface area contributed by atoms with Gasteiger partial charge in [0.25, 0.3) is 0 Å². The second-order valence-corrected chi connectivity index (χ2v) is 5.92. The van der Waals surface area contributed by atoms with Crippen LogP contribution in [0, 0.1) is 0 Å². The standard InChI is InChI=1S/C18H16F2N6O/c1-25-16(8-13(24-25)11-6-4-3-5-7-11)22-15-9-14(27-18(19)20)12-10-21-26(2)17(12)23-15/h3-10,18H,1-2H3,(H,22,23). The highest BCUT2D eigenvalue weighted by atomic mass is 19.3. The minimum absolute atomic E-state index is 0.0102. The van der Waals surface area contributed by atoms with Gasteiger partial charge in [0.1, 0.15) is 17.4 Å². The van der Waals surface area contributed by atoms with Crippen LogP contribution < -0.4 is 10.1 Å². The van der Waals surface area contributed by atoms with Crippen LogP contribution >= 0.6 is 0 Å². The molecule has 138 valence electrons. The van der Waals surface area contributed by atoms with Gasteiger partial charge in [-0.2, -0.15) is 19.0 Å². The predicted octanol–water partition coefficient (Wildman–Crippen LogP) is 3.71. The van der Waals surface area contributed by atoms with Gasteiger partial charge in [0.15, 0.2) is 5.65 Å². The Morgan fingerprint density at radius 3 is 2.59 bits per heavy atom. The van der Waals surface area contributed by atoms with Crippen molar-refractivity contribution in [2.75, 3.05) is 5.32 Å². The Labute approximate surface area is 153 Å². The van der Waals surface area contributed by atoms with Gasteiger partial charge in [-0.1, -0.05) is 30.3 Å². The summed E-state index contributed by atoms with van der Waals surface area (Å²) in [6, 6.07) is 13.0. The van der Waals surface area contributed by atoms with Gasteiger partial charge < -0.3 is 10.1 Å². The number of rotatable bonds is 5. The molecule has 3 heterocycles. The summed E-state index contributed by atoms with van der Waals surface area (Å²) in [4.78, 5) is 4.44. The first kappa shape index (κ1) is 17.0. The number of fused-ring (bicyclic) bond motifs is 1. The lowest BCUT2D eigenvalue weighted by Crippen LogP contribution is -2.05. The van der Waals surface area contributed by atoms with Crippen molar-refractivity contribution < 1.29 is 13.5 Å². The van der Waals surface area contributed by atoms with Crippen LogP contribution in [0.4, 0.5) is 20.4 Å². The van der Waals surface area contributed by atoms with Crippen molar-refractivity contribution in [1.82, 2.24) is 24.5 Å². The molecule has 0 aliphatic rings. The highest BCUT2D eigenvalue weighted by Crippen LogP contribution is 2.30. The molecule has 7 nitrogen and oxygen atoms in total. The number of anilines is 2. The van der Waals surface area contributed by atoms with Crippen LogP contribution in [0.3, 0.4) is 0 Å². The number of nitrogens with one attached hydrogen (secondary N) is 1. The smallest absolute Gasteiger partial charge is 0.387 e. The van der Waals surface area contributed by atoms with Gasteiger partial charge in [-0.15, -0.1) is 0 Å². The summed E-state index contributed by atoms with van der Waals surface area (Å²) in [5.74, 6) is 1.02. The molecular weight excluding hydrogens is 354 g/mol. The maximum atomic E-state index is 12.8. The van der Waals surface area contributed by atoms with E-state index >= 15 is 0 Å². The molecule has 1 N–H and O–H groups in total. The highest BCUT2D eigenvalue weighted by molar-refractivity contribution is 5.84. The normalized spacial score (nSPS) is 11.3. The minimum atomic E-state index is -2.94. The lowest BCUT2D eigenvalue weighted by molar-refractivity contribution is -0.0487. The summed E-state index contributed by atoms with van der Waals surface area (Å²) in [6.07, 6.45) is 1.45. The topological polar surface area (TPSA) is 69.8 Å². The van der Waals surface area contributed by atoms with E-state index in [2.05, 4.69) is 25.2 Å². The van der Waals surface area contributed by atoms with Crippen LogP contribution in [-0.2, 0) is 14.1 Å². The zero-order valence-corrected chi connectivity index (χ0v) is 14.6. The fourth-order valence-corrected chi connectivity index (χ4v) is 2.81. The number of hydrogen-bond acceptors (Lipinski definition) is 5. The van der Waals surface area contributed by atoms with E-state index in [0.29, 0.717) is 22.7 Å². The highest BCUT2D eigenvalue weighted by Gasteiger charge is 2.16. The number of alkyl halides is 2. The molecule has 0 atom stereocenters. The van der Waals surface area contributed by atoms with E-state index in [0.717, 1.165) is 11.3 Å². The number of aromatic nitrogens is 5. The molecule has 4 rings (SSSR count). The fourth-order valence-electron chi connectivity index (χ4n) is 2.81. The molecule has 0 amide bonds. The maximum absolute atomic E-state index is 12.8. The van der Waals surface area contributed by atoms with Gasteiger partial charge in [-0.05, 0) is 0 Å². The Balaban J connectivity index is 1.71. The first-order valence-electron chi connectivity index (χ1n) is 8.15. The van der Waals surface area contributed by atoms with Gasteiger partial charge in [0.2, 0.25) is 0 Å². The number of hydrogen-bond donors (Lipinski definition) is 1. The fraction of sp³-hybridized carbons (Fsp3) is 0.167. The Kier molecular flexibility index (Phi) is 4.19. The van der Waals surface area contributed by atoms with Crippen LogP contribution in [0.2, 0.25) is 0 Å². The first-order chi connectivity index (χ1) is 13.0. The van der Waals surface area contributed by atoms with Crippen molar-refractivity contribution in [2.24, 2.45) is 14.1 Å². The van der Waals surface area contributed by atoms with E-state index in [1.807, 2.05) is 36.4 Å². The molecule has 4 aromatic rings. The second-order valence-electron chi connectivity index (χ2n) is 5.92. The van der Waals surface area contributed by atoms with Gasteiger partial charge >= 0.3 is 6.61 Å². The summed E-state index contributed by atoms with van der Waals surface area (Å²) in [7, 11) is 3.47. The largest absolute Gasteiger partial charge is 0.434 e. The van der Waals surface area contributed by atoms with Crippen LogP contribution in [0.5, 0.6) is 5.75 Å². The molecule has 27 heavy (non-hydrogen) atoms. The summed E-state index contributed by atoms with van der Waals surface area (Å²) in [5, 5.41) is 12.1. The number of benzene rings is 1. The molecule has 0 aliphatic heterocycles. The zero-order valence-electron chi connectivity index (χ0n) is 14.6. The summed E-state index contributed by atoms with van der Waals surface area (Å²) in [6.45, 7) is -2.94. The molecule has 0 fully saturated rings. The van der Waals surface area contributed by atoms with Gasteiger partial charge in [-0.25, -0.2) is 4.98 Å². The van der Waals surface area contributed by atoms with E-state index in [1.165, 1.54) is 16.9 Å². The molecule has 0 aliphatic carbocycles. The molecule has 0 radical (unpaired) electrons. The second kappa shape index (κ2) is 6.67. The van der Waals surface area contributed by atoms with Crippen molar-refractivity contribution in [1.29, 1.82) is 0 Å². The molecule has 1 aromatic carbocycles.